The van der Waals surface area contributed by atoms with Gasteiger partial charge in [-0.2, -0.15) is 5.10 Å². The second-order valence-corrected chi connectivity index (χ2v) is 9.35. The van der Waals surface area contributed by atoms with Crippen LogP contribution in [0, 0.1) is 20.8 Å². The van der Waals surface area contributed by atoms with Crippen LogP contribution in [0.3, 0.4) is 0 Å². The number of nitrogens with zero attached hydrogens (tertiary/aromatic N) is 3. The normalized spacial score (nSPS) is 14.3. The SMILES string of the molecule is Cc1cnn(Cc2ccc3c(c2)Cc2cc(C(=O)NCc4c(C)cc(N)nc4C)ccc2C3O)c1. The van der Waals surface area contributed by atoms with Crippen LogP contribution >= 0.6 is 0 Å². The molecule has 0 radical (unpaired) electrons. The number of hydrogen-bond acceptors (Lipinski definition) is 5. The van der Waals surface area contributed by atoms with Gasteiger partial charge in [-0.3, -0.25) is 9.48 Å². The van der Waals surface area contributed by atoms with E-state index in [1.54, 1.807) is 6.07 Å². The molecule has 4 aromatic rings. The molecule has 7 heteroatoms. The largest absolute Gasteiger partial charge is 0.384 e. The van der Waals surface area contributed by atoms with Crippen LogP contribution in [0.2, 0.25) is 0 Å². The summed E-state index contributed by atoms with van der Waals surface area (Å²) in [5.41, 5.74) is 15.2. The van der Waals surface area contributed by atoms with Crippen molar-refractivity contribution in [1.82, 2.24) is 20.1 Å². The van der Waals surface area contributed by atoms with Gasteiger partial charge in [0.2, 0.25) is 0 Å². The molecule has 4 N–H and O–H groups in total. The van der Waals surface area contributed by atoms with Crippen LogP contribution in [0.5, 0.6) is 0 Å². The van der Waals surface area contributed by atoms with Gasteiger partial charge in [-0.05, 0) is 89.9 Å². The van der Waals surface area contributed by atoms with E-state index in [1.165, 1.54) is 0 Å². The third-order valence-electron chi connectivity index (χ3n) is 6.69. The molecule has 35 heavy (non-hydrogen) atoms. The van der Waals surface area contributed by atoms with Crippen molar-refractivity contribution < 1.29 is 9.90 Å². The lowest BCUT2D eigenvalue weighted by molar-refractivity contribution is 0.0950. The molecule has 1 aliphatic rings. The number of aliphatic hydroxyl groups is 1. The zero-order valence-corrected chi connectivity index (χ0v) is 20.2. The lowest BCUT2D eigenvalue weighted by atomic mass is 9.82. The fourth-order valence-electron chi connectivity index (χ4n) is 4.88. The molecule has 2 aromatic heterocycles. The smallest absolute Gasteiger partial charge is 0.251 e. The Hall–Kier alpha value is -3.97. The third-order valence-corrected chi connectivity index (χ3v) is 6.69. The van der Waals surface area contributed by atoms with Crippen LogP contribution in [0.15, 0.2) is 54.9 Å². The van der Waals surface area contributed by atoms with Gasteiger partial charge < -0.3 is 16.2 Å². The fraction of sp³-hybridized carbons (Fsp3) is 0.250. The van der Waals surface area contributed by atoms with E-state index in [4.69, 9.17) is 5.73 Å². The number of nitrogens with two attached hydrogens (primary N) is 1. The minimum Gasteiger partial charge on any atom is -0.384 e. The highest BCUT2D eigenvalue weighted by molar-refractivity contribution is 5.94. The Kier molecular flexibility index (Phi) is 5.86. The summed E-state index contributed by atoms with van der Waals surface area (Å²) >= 11 is 0. The highest BCUT2D eigenvalue weighted by atomic mass is 16.3. The predicted molar refractivity (Wildman–Crippen MR) is 135 cm³/mol. The van der Waals surface area contributed by atoms with E-state index in [0.717, 1.165) is 50.2 Å². The number of carbonyl (C=O) groups is 1. The van der Waals surface area contributed by atoms with E-state index >= 15 is 0 Å². The Morgan fingerprint density at radius 3 is 2.57 bits per heavy atom. The molecule has 0 bridgehead atoms. The second kappa shape index (κ2) is 9.00. The zero-order chi connectivity index (χ0) is 24.7. The van der Waals surface area contributed by atoms with E-state index in [-0.39, 0.29) is 5.91 Å². The fourth-order valence-corrected chi connectivity index (χ4v) is 4.88. The number of benzene rings is 2. The number of rotatable bonds is 5. The number of aryl methyl sites for hydroxylation is 3. The summed E-state index contributed by atoms with van der Waals surface area (Å²) < 4.78 is 1.91. The molecule has 1 amide bonds. The van der Waals surface area contributed by atoms with Crippen LogP contribution in [0.1, 0.15) is 66.7 Å². The van der Waals surface area contributed by atoms with Gasteiger partial charge in [-0.15, -0.1) is 0 Å². The average molecular weight is 468 g/mol. The number of fused-ring (bicyclic) bond motifs is 2. The Balaban J connectivity index is 1.35. The number of anilines is 1. The number of amides is 1. The van der Waals surface area contributed by atoms with E-state index in [1.807, 2.05) is 68.2 Å². The second-order valence-electron chi connectivity index (χ2n) is 9.35. The lowest BCUT2D eigenvalue weighted by Crippen LogP contribution is -2.25. The van der Waals surface area contributed by atoms with E-state index in [0.29, 0.717) is 30.9 Å². The van der Waals surface area contributed by atoms with Gasteiger partial charge in [0, 0.05) is 24.0 Å². The van der Waals surface area contributed by atoms with Crippen molar-refractivity contribution >= 4 is 11.7 Å². The number of aromatic nitrogens is 3. The van der Waals surface area contributed by atoms with Crippen molar-refractivity contribution in [3.63, 3.8) is 0 Å². The van der Waals surface area contributed by atoms with Gasteiger partial charge in [0.25, 0.3) is 5.91 Å². The Morgan fingerprint density at radius 2 is 1.86 bits per heavy atom. The molecule has 0 saturated heterocycles. The molecule has 2 aromatic carbocycles. The summed E-state index contributed by atoms with van der Waals surface area (Å²) in [5, 5.41) is 18.4. The summed E-state index contributed by atoms with van der Waals surface area (Å²) in [4.78, 5) is 17.3. The molecule has 1 atom stereocenters. The number of pyridine rings is 1. The first kappa shape index (κ1) is 22.8. The Bertz CT molecular complexity index is 1420. The average Bonchev–Trinajstić information content (AvgIpc) is 3.22. The van der Waals surface area contributed by atoms with Gasteiger partial charge >= 0.3 is 0 Å². The molecule has 1 aliphatic carbocycles. The molecular formula is C28H29N5O2. The lowest BCUT2D eigenvalue weighted by Gasteiger charge is -2.26. The van der Waals surface area contributed by atoms with Crippen molar-refractivity contribution in [3.05, 3.63) is 111 Å². The summed E-state index contributed by atoms with van der Waals surface area (Å²) in [6, 6.07) is 13.5. The molecule has 0 fully saturated rings. The predicted octanol–water partition coefficient (Wildman–Crippen LogP) is 3.75. The number of carbonyl (C=O) groups excluding carboxylic acids is 1. The Morgan fingerprint density at radius 1 is 1.11 bits per heavy atom. The van der Waals surface area contributed by atoms with Gasteiger partial charge in [0.05, 0.1) is 12.7 Å². The maximum absolute atomic E-state index is 13.0. The first-order valence-electron chi connectivity index (χ1n) is 11.7. The van der Waals surface area contributed by atoms with Crippen LogP contribution in [0.4, 0.5) is 5.82 Å². The van der Waals surface area contributed by atoms with Crippen LogP contribution < -0.4 is 11.1 Å². The maximum Gasteiger partial charge on any atom is 0.251 e. The van der Waals surface area contributed by atoms with Crippen LogP contribution in [-0.2, 0) is 19.5 Å². The third kappa shape index (κ3) is 4.55. The number of hydrogen-bond donors (Lipinski definition) is 3. The molecule has 7 nitrogen and oxygen atoms in total. The van der Waals surface area contributed by atoms with Crippen LogP contribution in [-0.4, -0.2) is 25.8 Å². The van der Waals surface area contributed by atoms with Crippen molar-refractivity contribution in [2.24, 2.45) is 0 Å². The minimum absolute atomic E-state index is 0.161. The number of nitrogen functional groups attached to an aromatic ring is 1. The summed E-state index contributed by atoms with van der Waals surface area (Å²) in [5.74, 6) is 0.318. The van der Waals surface area contributed by atoms with Crippen LogP contribution in [0.25, 0.3) is 0 Å². The van der Waals surface area contributed by atoms with Gasteiger partial charge in [-0.25, -0.2) is 4.98 Å². The van der Waals surface area contributed by atoms with Crippen molar-refractivity contribution in [2.45, 2.75) is 46.4 Å². The maximum atomic E-state index is 13.0. The molecule has 0 saturated carbocycles. The van der Waals surface area contributed by atoms with E-state index < -0.39 is 6.10 Å². The monoisotopic (exact) mass is 467 g/mol. The Labute approximate surface area is 204 Å². The van der Waals surface area contributed by atoms with E-state index in [9.17, 15) is 9.90 Å². The summed E-state index contributed by atoms with van der Waals surface area (Å²) in [7, 11) is 0. The molecule has 0 aliphatic heterocycles. The summed E-state index contributed by atoms with van der Waals surface area (Å²) in [6.07, 6.45) is 3.81. The summed E-state index contributed by atoms with van der Waals surface area (Å²) in [6.45, 7) is 6.93. The van der Waals surface area contributed by atoms with Crippen molar-refractivity contribution in [3.8, 4) is 0 Å². The highest BCUT2D eigenvalue weighted by Crippen LogP contribution is 2.36. The zero-order valence-electron chi connectivity index (χ0n) is 20.2. The van der Waals surface area contributed by atoms with Crippen molar-refractivity contribution in [2.75, 3.05) is 5.73 Å². The standard InChI is InChI=1S/C28H29N5O2/c1-16-12-31-33(14-16)15-19-4-6-23-21(9-19)11-22-10-20(5-7-24(22)27(23)34)28(35)30-13-25-17(2)8-26(29)32-18(25)3/h4-10,12,14,27,34H,11,13,15H2,1-3H3,(H2,29,32)(H,30,35). The quantitative estimate of drug-likeness (QED) is 0.415. The molecule has 2 heterocycles. The minimum atomic E-state index is -0.710. The van der Waals surface area contributed by atoms with E-state index in [2.05, 4.69) is 21.5 Å². The number of nitrogens with one attached hydrogen (secondary N) is 1. The molecule has 1 unspecified atom stereocenters. The molecular weight excluding hydrogens is 438 g/mol. The van der Waals surface area contributed by atoms with Crippen molar-refractivity contribution in [1.29, 1.82) is 0 Å². The van der Waals surface area contributed by atoms with Gasteiger partial charge in [0.1, 0.15) is 11.9 Å². The topological polar surface area (TPSA) is 106 Å². The first-order chi connectivity index (χ1) is 16.8. The molecule has 0 spiro atoms. The highest BCUT2D eigenvalue weighted by Gasteiger charge is 2.25. The molecule has 178 valence electrons. The van der Waals surface area contributed by atoms with Gasteiger partial charge in [0.15, 0.2) is 0 Å². The number of aliphatic hydroxyl groups excluding tert-OH is 1. The molecule has 5 rings (SSSR count). The first-order valence-corrected chi connectivity index (χ1v) is 11.7. The van der Waals surface area contributed by atoms with Gasteiger partial charge in [-0.1, -0.05) is 24.3 Å².